The van der Waals surface area contributed by atoms with E-state index >= 15 is 0 Å². The molecule has 0 saturated heterocycles. The van der Waals surface area contributed by atoms with E-state index in [1.807, 2.05) is 0 Å². The van der Waals surface area contributed by atoms with Gasteiger partial charge in [-0.25, -0.2) is 4.79 Å². The van der Waals surface area contributed by atoms with Gasteiger partial charge in [-0.3, -0.25) is 15.1 Å². The minimum Gasteiger partial charge on any atom is -0.444 e. The molecule has 8 heteroatoms. The first-order chi connectivity index (χ1) is 12.8. The molecule has 2 rings (SSSR count). The number of aromatic nitrogens is 1. The molecule has 1 aromatic carbocycles. The molecule has 138 valence electrons. The van der Waals surface area contributed by atoms with E-state index in [1.54, 1.807) is 45.0 Å². The molecule has 27 heavy (non-hydrogen) atoms. The van der Waals surface area contributed by atoms with Crippen LogP contribution in [0.1, 0.15) is 42.3 Å². The Hall–Kier alpha value is -3.31. The Kier molecular flexibility index (Phi) is 6.57. The van der Waals surface area contributed by atoms with Crippen molar-refractivity contribution in [2.75, 3.05) is 5.32 Å². The molecule has 7 nitrogen and oxygen atoms in total. The third-order valence-electron chi connectivity index (χ3n) is 2.96. The van der Waals surface area contributed by atoms with Crippen molar-refractivity contribution in [2.24, 2.45) is 4.36 Å². The molecule has 0 unspecified atom stereocenters. The molecule has 0 atom stereocenters. The number of hydrogen-bond acceptors (Lipinski definition) is 5. The number of pyridine rings is 1. The largest absolute Gasteiger partial charge is 0.444 e. The zero-order valence-corrected chi connectivity index (χ0v) is 15.8. The fraction of sp³-hybridized carbons (Fsp3) is 0.211. The molecule has 0 fully saturated rings. The molecule has 2 aromatic rings. The van der Waals surface area contributed by atoms with Gasteiger partial charge < -0.3 is 4.74 Å². The van der Waals surface area contributed by atoms with Crippen LogP contribution in [0.25, 0.3) is 0 Å². The average Bonchev–Trinajstić information content (AvgIpc) is 2.59. The van der Waals surface area contributed by atoms with E-state index in [2.05, 4.69) is 26.5 Å². The van der Waals surface area contributed by atoms with E-state index in [9.17, 15) is 13.8 Å². The summed E-state index contributed by atoms with van der Waals surface area (Å²) in [5.41, 5.74) is 1.29. The summed E-state index contributed by atoms with van der Waals surface area (Å²) in [6, 6.07) is 8.45. The van der Waals surface area contributed by atoms with Crippen molar-refractivity contribution < 1.29 is 18.5 Å². The molecule has 0 aliphatic heterocycles. The number of carbonyl (C=O) groups is 2. The van der Waals surface area contributed by atoms with Gasteiger partial charge in [-0.1, -0.05) is 17.9 Å². The fourth-order valence-corrected chi connectivity index (χ4v) is 2.13. The lowest BCUT2D eigenvalue weighted by atomic mass is 10.1. The first-order valence-corrected chi connectivity index (χ1v) is 8.58. The van der Waals surface area contributed by atoms with Crippen LogP contribution in [0.5, 0.6) is 0 Å². The van der Waals surface area contributed by atoms with Gasteiger partial charge in [-0.15, -0.1) is 4.36 Å². The van der Waals surface area contributed by atoms with Gasteiger partial charge >= 0.3 is 6.09 Å². The number of nitrogens with zero attached hydrogens (tertiary/aromatic N) is 2. The number of amides is 2. The summed E-state index contributed by atoms with van der Waals surface area (Å²) in [4.78, 5) is 27.3. The Morgan fingerprint density at radius 3 is 2.59 bits per heavy atom. The van der Waals surface area contributed by atoms with Crippen molar-refractivity contribution in [3.05, 3.63) is 59.4 Å². The minimum absolute atomic E-state index is 0.153. The SMILES string of the molecule is CC(C)(C)OC(=O)Nc1cccc(C#Cc2cncc(C(=O)N=S=O)c2)c1. The van der Waals surface area contributed by atoms with E-state index in [4.69, 9.17) is 4.74 Å². The highest BCUT2D eigenvalue weighted by Crippen LogP contribution is 2.13. The molecule has 0 saturated carbocycles. The molecular weight excluding hydrogens is 366 g/mol. The van der Waals surface area contributed by atoms with Crippen LogP contribution in [0.2, 0.25) is 0 Å². The maximum absolute atomic E-state index is 11.8. The van der Waals surface area contributed by atoms with Gasteiger partial charge in [-0.2, -0.15) is 4.21 Å². The number of hydrogen-bond donors (Lipinski definition) is 1. The van der Waals surface area contributed by atoms with Crippen LogP contribution >= 0.6 is 0 Å². The average molecular weight is 383 g/mol. The summed E-state index contributed by atoms with van der Waals surface area (Å²) in [6.07, 6.45) is 2.26. The van der Waals surface area contributed by atoms with Gasteiger partial charge in [0.15, 0.2) is 0 Å². The molecule has 1 heterocycles. The molecular formula is C19H17N3O4S. The van der Waals surface area contributed by atoms with E-state index in [1.165, 1.54) is 18.5 Å². The van der Waals surface area contributed by atoms with E-state index in [0.29, 0.717) is 16.8 Å². The summed E-state index contributed by atoms with van der Waals surface area (Å²) in [5.74, 6) is 5.15. The number of rotatable bonds is 2. The zero-order valence-electron chi connectivity index (χ0n) is 15.0. The Morgan fingerprint density at radius 1 is 1.15 bits per heavy atom. The molecule has 0 aliphatic rings. The quantitative estimate of drug-likeness (QED) is 0.802. The van der Waals surface area contributed by atoms with Crippen LogP contribution in [0.3, 0.4) is 0 Å². The maximum Gasteiger partial charge on any atom is 0.412 e. The highest BCUT2D eigenvalue weighted by molar-refractivity contribution is 7.55. The molecule has 2 amide bonds. The van der Waals surface area contributed by atoms with E-state index in [0.717, 1.165) is 0 Å². The van der Waals surface area contributed by atoms with Crippen LogP contribution in [0.4, 0.5) is 10.5 Å². The summed E-state index contributed by atoms with van der Waals surface area (Å²) in [6.45, 7) is 5.35. The third-order valence-corrected chi connectivity index (χ3v) is 3.20. The Bertz CT molecular complexity index is 980. The Balaban J connectivity index is 2.16. The van der Waals surface area contributed by atoms with Crippen LogP contribution in [0.15, 0.2) is 47.1 Å². The van der Waals surface area contributed by atoms with Crippen molar-refractivity contribution in [3.63, 3.8) is 0 Å². The molecule has 1 aromatic heterocycles. The van der Waals surface area contributed by atoms with Crippen LogP contribution < -0.4 is 5.32 Å². The Labute approximate surface area is 160 Å². The lowest BCUT2D eigenvalue weighted by Gasteiger charge is -2.19. The number of anilines is 1. The lowest BCUT2D eigenvalue weighted by molar-refractivity contribution is 0.0635. The van der Waals surface area contributed by atoms with Crippen molar-refractivity contribution in [1.82, 2.24) is 4.98 Å². The first kappa shape index (κ1) is 20.0. The normalized spacial score (nSPS) is 10.2. The third kappa shape index (κ3) is 6.84. The molecule has 0 aliphatic carbocycles. The number of benzene rings is 1. The molecule has 1 N–H and O–H groups in total. The highest BCUT2D eigenvalue weighted by atomic mass is 32.1. The summed E-state index contributed by atoms with van der Waals surface area (Å²) < 4.78 is 18.7. The van der Waals surface area contributed by atoms with Crippen LogP contribution in [-0.4, -0.2) is 26.8 Å². The monoisotopic (exact) mass is 383 g/mol. The maximum atomic E-state index is 11.8. The highest BCUT2D eigenvalue weighted by Gasteiger charge is 2.16. The number of nitrogens with one attached hydrogen (secondary N) is 1. The van der Waals surface area contributed by atoms with Gasteiger partial charge in [0.05, 0.1) is 5.56 Å². The van der Waals surface area contributed by atoms with Crippen molar-refractivity contribution in [2.45, 2.75) is 26.4 Å². The van der Waals surface area contributed by atoms with Crippen molar-refractivity contribution in [3.8, 4) is 11.8 Å². The molecule has 0 bridgehead atoms. The summed E-state index contributed by atoms with van der Waals surface area (Å²) >= 11 is -0.153. The number of ether oxygens (including phenoxy) is 1. The lowest BCUT2D eigenvalue weighted by Crippen LogP contribution is -2.27. The smallest absolute Gasteiger partial charge is 0.412 e. The standard InChI is InChI=1S/C19H17N3O4S/c1-19(2,3)26-18(24)21-16-6-4-5-13(10-16)7-8-14-9-15(12-20-11-14)17(23)22-27-25/h4-6,9-12H,1-3H3,(H,21,24). The topological polar surface area (TPSA) is 97.7 Å². The summed E-state index contributed by atoms with van der Waals surface area (Å²) in [7, 11) is 0. The molecule has 0 radical (unpaired) electrons. The Morgan fingerprint density at radius 2 is 1.89 bits per heavy atom. The minimum atomic E-state index is -0.658. The van der Waals surface area contributed by atoms with Crippen molar-refractivity contribution >= 4 is 29.2 Å². The predicted octanol–water partition coefficient (Wildman–Crippen LogP) is 3.37. The zero-order chi connectivity index (χ0) is 19.9. The van der Waals surface area contributed by atoms with E-state index < -0.39 is 17.6 Å². The van der Waals surface area contributed by atoms with Crippen molar-refractivity contribution in [1.29, 1.82) is 0 Å². The van der Waals surface area contributed by atoms with Gasteiger partial charge in [0.2, 0.25) is 11.5 Å². The number of carbonyl (C=O) groups excluding carboxylic acids is 2. The van der Waals surface area contributed by atoms with Gasteiger partial charge in [0.1, 0.15) is 5.60 Å². The van der Waals surface area contributed by atoms with Gasteiger partial charge in [0, 0.05) is 29.2 Å². The second-order valence-electron chi connectivity index (χ2n) is 6.39. The predicted molar refractivity (Wildman–Crippen MR) is 101 cm³/mol. The summed E-state index contributed by atoms with van der Waals surface area (Å²) in [5, 5.41) is 2.64. The van der Waals surface area contributed by atoms with Crippen LogP contribution in [0, 0.1) is 11.8 Å². The van der Waals surface area contributed by atoms with Gasteiger partial charge in [-0.05, 0) is 45.0 Å². The van der Waals surface area contributed by atoms with Gasteiger partial charge in [0.25, 0.3) is 5.91 Å². The fourth-order valence-electron chi connectivity index (χ4n) is 1.95. The van der Waals surface area contributed by atoms with E-state index in [-0.39, 0.29) is 17.0 Å². The first-order valence-electron chi connectivity index (χ1n) is 7.88. The molecule has 0 spiro atoms. The second-order valence-corrected chi connectivity index (χ2v) is 6.72. The second kappa shape index (κ2) is 8.87. The van der Waals surface area contributed by atoms with Crippen LogP contribution in [-0.2, 0) is 16.2 Å².